The highest BCUT2D eigenvalue weighted by Crippen LogP contribution is 2.44. The molecule has 0 bridgehead atoms. The molecule has 0 radical (unpaired) electrons. The number of ether oxygens (including phenoxy) is 1. The first-order chi connectivity index (χ1) is 6.67. The van der Waals surface area contributed by atoms with Gasteiger partial charge >= 0.3 is 5.97 Å². The van der Waals surface area contributed by atoms with Crippen LogP contribution in [0.15, 0.2) is 11.1 Å². The van der Waals surface area contributed by atoms with Crippen LogP contribution >= 0.6 is 11.6 Å². The monoisotopic (exact) mass is 214 g/mol. The number of cyclic esters (lactones) is 1. The predicted octanol–water partition coefficient (Wildman–Crippen LogP) is 2.80. The van der Waals surface area contributed by atoms with Crippen molar-refractivity contribution in [2.24, 2.45) is 0 Å². The number of alkyl halides is 1. The molecule has 1 unspecified atom stereocenters. The van der Waals surface area contributed by atoms with Crippen molar-refractivity contribution in [2.45, 2.75) is 44.6 Å². The first-order valence-electron chi connectivity index (χ1n) is 5.19. The third kappa shape index (κ3) is 1.46. The Kier molecular flexibility index (Phi) is 2.56. The van der Waals surface area contributed by atoms with Crippen LogP contribution in [0.5, 0.6) is 0 Å². The van der Waals surface area contributed by atoms with Gasteiger partial charge in [0, 0.05) is 11.5 Å². The van der Waals surface area contributed by atoms with Crippen LogP contribution in [0.3, 0.4) is 0 Å². The number of carbonyl (C=O) groups is 1. The van der Waals surface area contributed by atoms with Gasteiger partial charge < -0.3 is 4.74 Å². The maximum Gasteiger partial charge on any atom is 0.334 e. The highest BCUT2D eigenvalue weighted by atomic mass is 35.5. The van der Waals surface area contributed by atoms with Crippen molar-refractivity contribution >= 4 is 17.6 Å². The van der Waals surface area contributed by atoms with Crippen LogP contribution < -0.4 is 0 Å². The topological polar surface area (TPSA) is 26.3 Å². The maximum absolute atomic E-state index is 11.5. The van der Waals surface area contributed by atoms with E-state index in [-0.39, 0.29) is 11.6 Å². The largest absolute Gasteiger partial charge is 0.451 e. The van der Waals surface area contributed by atoms with Crippen LogP contribution in [0.2, 0.25) is 0 Å². The lowest BCUT2D eigenvalue weighted by Crippen LogP contribution is -2.28. The van der Waals surface area contributed by atoms with E-state index in [4.69, 9.17) is 16.3 Å². The molecule has 3 heteroatoms. The summed E-state index contributed by atoms with van der Waals surface area (Å²) in [6.45, 7) is 2.02. The van der Waals surface area contributed by atoms with Gasteiger partial charge in [0.15, 0.2) is 0 Å². The highest BCUT2D eigenvalue weighted by Gasteiger charge is 2.44. The van der Waals surface area contributed by atoms with Crippen molar-refractivity contribution in [3.8, 4) is 0 Å². The average molecular weight is 215 g/mol. The molecule has 0 aromatic rings. The SMILES string of the molecule is CC1(CCCCl)OC(=O)C2=C1CCC2. The molecular formula is C11H15ClO2. The van der Waals surface area contributed by atoms with Gasteiger partial charge in [0.05, 0.1) is 0 Å². The number of rotatable bonds is 3. The number of hydrogen-bond acceptors (Lipinski definition) is 2. The average Bonchev–Trinajstić information content (AvgIpc) is 2.69. The Morgan fingerprint density at radius 2 is 2.29 bits per heavy atom. The molecule has 1 aliphatic heterocycles. The molecule has 0 aromatic heterocycles. The summed E-state index contributed by atoms with van der Waals surface area (Å²) < 4.78 is 5.45. The summed E-state index contributed by atoms with van der Waals surface area (Å²) >= 11 is 5.66. The van der Waals surface area contributed by atoms with Crippen LogP contribution in [-0.2, 0) is 9.53 Å². The molecule has 2 aliphatic rings. The van der Waals surface area contributed by atoms with E-state index in [1.807, 2.05) is 6.92 Å². The minimum absolute atomic E-state index is 0.0884. The fraction of sp³-hybridized carbons (Fsp3) is 0.727. The van der Waals surface area contributed by atoms with Crippen LogP contribution in [0.4, 0.5) is 0 Å². The maximum atomic E-state index is 11.5. The van der Waals surface area contributed by atoms with Crippen molar-refractivity contribution in [3.63, 3.8) is 0 Å². The lowest BCUT2D eigenvalue weighted by Gasteiger charge is -2.26. The van der Waals surface area contributed by atoms with Crippen molar-refractivity contribution in [1.29, 1.82) is 0 Å². The zero-order valence-corrected chi connectivity index (χ0v) is 9.19. The zero-order valence-electron chi connectivity index (χ0n) is 8.44. The fourth-order valence-corrected chi connectivity index (χ4v) is 2.62. The van der Waals surface area contributed by atoms with Crippen molar-refractivity contribution < 1.29 is 9.53 Å². The summed E-state index contributed by atoms with van der Waals surface area (Å²) in [5.74, 6) is 0.546. The van der Waals surface area contributed by atoms with Crippen molar-refractivity contribution in [1.82, 2.24) is 0 Å². The van der Waals surface area contributed by atoms with E-state index in [9.17, 15) is 4.79 Å². The van der Waals surface area contributed by atoms with Crippen molar-refractivity contribution in [3.05, 3.63) is 11.1 Å². The summed E-state index contributed by atoms with van der Waals surface area (Å²) in [7, 11) is 0. The Balaban J connectivity index is 2.18. The fourth-order valence-electron chi connectivity index (χ4n) is 2.49. The van der Waals surface area contributed by atoms with E-state index >= 15 is 0 Å². The van der Waals surface area contributed by atoms with E-state index < -0.39 is 0 Å². The molecule has 14 heavy (non-hydrogen) atoms. The van der Waals surface area contributed by atoms with Crippen LogP contribution in [0.25, 0.3) is 0 Å². The van der Waals surface area contributed by atoms with Crippen LogP contribution in [0, 0.1) is 0 Å². The second kappa shape index (κ2) is 3.58. The Bertz CT molecular complexity index is 296. The molecule has 0 amide bonds. The van der Waals surface area contributed by atoms with Gasteiger partial charge in [0.25, 0.3) is 0 Å². The number of hydrogen-bond donors (Lipinski definition) is 0. The van der Waals surface area contributed by atoms with Gasteiger partial charge in [0.2, 0.25) is 0 Å². The van der Waals surface area contributed by atoms with E-state index in [0.717, 1.165) is 37.7 Å². The number of carbonyl (C=O) groups excluding carboxylic acids is 1. The first-order valence-corrected chi connectivity index (χ1v) is 5.72. The first kappa shape index (κ1) is 10.0. The second-order valence-electron chi connectivity index (χ2n) is 4.22. The minimum atomic E-state index is -0.336. The molecule has 1 heterocycles. The smallest absolute Gasteiger partial charge is 0.334 e. The summed E-state index contributed by atoms with van der Waals surface area (Å²) in [6.07, 6.45) is 4.81. The van der Waals surface area contributed by atoms with Gasteiger partial charge in [-0.25, -0.2) is 4.79 Å². The molecule has 1 atom stereocenters. The summed E-state index contributed by atoms with van der Waals surface area (Å²) in [5.41, 5.74) is 1.85. The molecule has 0 aromatic carbocycles. The van der Waals surface area contributed by atoms with Gasteiger partial charge in [-0.3, -0.25) is 0 Å². The summed E-state index contributed by atoms with van der Waals surface area (Å²) in [5, 5.41) is 0. The Morgan fingerprint density at radius 3 is 3.00 bits per heavy atom. The van der Waals surface area contributed by atoms with Gasteiger partial charge in [-0.1, -0.05) is 0 Å². The van der Waals surface area contributed by atoms with Gasteiger partial charge in [-0.05, 0) is 44.6 Å². The predicted molar refractivity (Wildman–Crippen MR) is 55.3 cm³/mol. The van der Waals surface area contributed by atoms with Gasteiger partial charge in [-0.2, -0.15) is 0 Å². The second-order valence-corrected chi connectivity index (χ2v) is 4.60. The van der Waals surface area contributed by atoms with E-state index in [0.29, 0.717) is 5.88 Å². The normalized spacial score (nSPS) is 30.9. The molecule has 0 saturated carbocycles. The molecule has 2 rings (SSSR count). The highest BCUT2D eigenvalue weighted by molar-refractivity contribution is 6.17. The minimum Gasteiger partial charge on any atom is -0.451 e. The van der Waals surface area contributed by atoms with Crippen LogP contribution in [-0.4, -0.2) is 17.5 Å². The molecule has 0 saturated heterocycles. The lowest BCUT2D eigenvalue weighted by atomic mass is 9.90. The summed E-state index contributed by atoms with van der Waals surface area (Å²) in [4.78, 5) is 11.5. The van der Waals surface area contributed by atoms with Gasteiger partial charge in [0.1, 0.15) is 5.60 Å². The quantitative estimate of drug-likeness (QED) is 0.534. The molecule has 0 fully saturated rings. The molecular weight excluding hydrogens is 200 g/mol. The molecule has 0 spiro atoms. The third-order valence-corrected chi connectivity index (χ3v) is 3.48. The van der Waals surface area contributed by atoms with E-state index in [1.54, 1.807) is 0 Å². The molecule has 0 N–H and O–H groups in total. The summed E-state index contributed by atoms with van der Waals surface area (Å²) in [6, 6.07) is 0. The van der Waals surface area contributed by atoms with E-state index in [1.165, 1.54) is 5.57 Å². The lowest BCUT2D eigenvalue weighted by molar-refractivity contribution is -0.146. The Morgan fingerprint density at radius 1 is 1.50 bits per heavy atom. The number of esters is 1. The van der Waals surface area contributed by atoms with E-state index in [2.05, 4.69) is 0 Å². The molecule has 2 nitrogen and oxygen atoms in total. The molecule has 1 aliphatic carbocycles. The third-order valence-electron chi connectivity index (χ3n) is 3.21. The van der Waals surface area contributed by atoms with Crippen molar-refractivity contribution in [2.75, 3.05) is 5.88 Å². The van der Waals surface area contributed by atoms with Crippen LogP contribution in [0.1, 0.15) is 39.0 Å². The van der Waals surface area contributed by atoms with Gasteiger partial charge in [-0.15, -0.1) is 11.6 Å². The standard InChI is InChI=1S/C11H15ClO2/c1-11(6-3-7-12)9-5-2-4-8(9)10(13)14-11/h2-7H2,1H3. The number of halogens is 1. The zero-order chi connectivity index (χ0) is 10.2. The Labute approximate surface area is 89.3 Å². The Hall–Kier alpha value is -0.500. The molecule has 78 valence electrons.